The summed E-state index contributed by atoms with van der Waals surface area (Å²) in [4.78, 5) is 12.0. The SMILES string of the molecule is CC1c2ccsc2CCN1S(=O)(=O)c1ccc(C(=O)O)o1. The molecule has 2 aromatic rings. The minimum atomic E-state index is -3.84. The Balaban J connectivity index is 1.97. The molecule has 1 aliphatic heterocycles. The predicted molar refractivity (Wildman–Crippen MR) is 76.0 cm³/mol. The molecule has 0 radical (unpaired) electrons. The second-order valence-electron chi connectivity index (χ2n) is 4.76. The van der Waals surface area contributed by atoms with Crippen LogP contribution in [0.25, 0.3) is 0 Å². The van der Waals surface area contributed by atoms with Crippen LogP contribution in [0.3, 0.4) is 0 Å². The highest BCUT2D eigenvalue weighted by Crippen LogP contribution is 2.36. The zero-order chi connectivity index (χ0) is 15.2. The first-order valence-corrected chi connectivity index (χ1v) is 8.64. The van der Waals surface area contributed by atoms with Gasteiger partial charge in [0.25, 0.3) is 10.0 Å². The fourth-order valence-corrected chi connectivity index (χ4v) is 4.99. The first-order valence-electron chi connectivity index (χ1n) is 6.32. The van der Waals surface area contributed by atoms with Gasteiger partial charge in [0.1, 0.15) is 0 Å². The van der Waals surface area contributed by atoms with Gasteiger partial charge >= 0.3 is 5.97 Å². The summed E-state index contributed by atoms with van der Waals surface area (Å²) < 4.78 is 31.5. The lowest BCUT2D eigenvalue weighted by atomic mass is 10.0. The van der Waals surface area contributed by atoms with E-state index in [0.717, 1.165) is 11.6 Å². The number of rotatable bonds is 3. The van der Waals surface area contributed by atoms with Crippen molar-refractivity contribution in [2.24, 2.45) is 0 Å². The van der Waals surface area contributed by atoms with Gasteiger partial charge in [0.2, 0.25) is 10.9 Å². The van der Waals surface area contributed by atoms with E-state index in [1.165, 1.54) is 15.2 Å². The van der Waals surface area contributed by atoms with Gasteiger partial charge in [0.05, 0.1) is 0 Å². The quantitative estimate of drug-likeness (QED) is 0.935. The molecule has 1 unspecified atom stereocenters. The topological polar surface area (TPSA) is 87.8 Å². The van der Waals surface area contributed by atoms with Crippen molar-refractivity contribution in [3.63, 3.8) is 0 Å². The van der Waals surface area contributed by atoms with Crippen LogP contribution in [0.1, 0.15) is 34.0 Å². The molecule has 3 heterocycles. The molecule has 112 valence electrons. The minimum absolute atomic E-state index is 0.289. The van der Waals surface area contributed by atoms with Crippen molar-refractivity contribution in [3.05, 3.63) is 39.8 Å². The van der Waals surface area contributed by atoms with Crippen LogP contribution in [0, 0.1) is 0 Å². The van der Waals surface area contributed by atoms with Crippen LogP contribution in [0.5, 0.6) is 0 Å². The Morgan fingerprint density at radius 3 is 2.86 bits per heavy atom. The molecule has 1 N–H and O–H groups in total. The molecule has 0 fully saturated rings. The maximum atomic E-state index is 12.6. The summed E-state index contributed by atoms with van der Waals surface area (Å²) in [5.74, 6) is -1.67. The van der Waals surface area contributed by atoms with Gasteiger partial charge in [-0.05, 0) is 42.5 Å². The number of carboxylic acid groups (broad SMARTS) is 1. The molecule has 0 aromatic carbocycles. The summed E-state index contributed by atoms with van der Waals surface area (Å²) in [5.41, 5.74) is 1.000. The molecular weight excluding hydrogens is 314 g/mol. The van der Waals surface area contributed by atoms with Crippen LogP contribution in [0.4, 0.5) is 0 Å². The first-order chi connectivity index (χ1) is 9.91. The third kappa shape index (κ3) is 2.29. The molecule has 21 heavy (non-hydrogen) atoms. The van der Waals surface area contributed by atoms with Crippen molar-refractivity contribution in [3.8, 4) is 0 Å². The molecule has 3 rings (SSSR count). The maximum Gasteiger partial charge on any atom is 0.371 e. The Hall–Kier alpha value is -1.64. The number of hydrogen-bond acceptors (Lipinski definition) is 5. The molecule has 0 bridgehead atoms. The average molecular weight is 327 g/mol. The summed E-state index contributed by atoms with van der Waals surface area (Å²) in [6.45, 7) is 2.18. The predicted octanol–water partition coefficient (Wildman–Crippen LogP) is 2.35. The first kappa shape index (κ1) is 14.3. The standard InChI is InChI=1S/C13H13NO5S2/c1-8-9-5-7-20-11(9)4-6-14(8)21(17,18)12-3-2-10(19-12)13(15)16/h2-3,5,7-8H,4,6H2,1H3,(H,15,16). The monoisotopic (exact) mass is 327 g/mol. The molecule has 1 aliphatic rings. The van der Waals surface area contributed by atoms with Gasteiger partial charge in [-0.3, -0.25) is 0 Å². The molecule has 0 saturated carbocycles. The summed E-state index contributed by atoms with van der Waals surface area (Å²) >= 11 is 1.62. The van der Waals surface area contributed by atoms with Crippen molar-refractivity contribution < 1.29 is 22.7 Å². The van der Waals surface area contributed by atoms with E-state index in [2.05, 4.69) is 0 Å². The number of hydrogen-bond donors (Lipinski definition) is 1. The van der Waals surface area contributed by atoms with E-state index in [0.29, 0.717) is 13.0 Å². The van der Waals surface area contributed by atoms with Gasteiger partial charge < -0.3 is 9.52 Å². The summed E-state index contributed by atoms with van der Waals surface area (Å²) in [6.07, 6.45) is 0.656. The lowest BCUT2D eigenvalue weighted by Gasteiger charge is -2.31. The minimum Gasteiger partial charge on any atom is -0.475 e. The third-order valence-corrected chi connectivity index (χ3v) is 6.42. The summed E-state index contributed by atoms with van der Waals surface area (Å²) in [5, 5.41) is 10.5. The second-order valence-corrected chi connectivity index (χ2v) is 7.59. The van der Waals surface area contributed by atoms with E-state index < -0.39 is 16.0 Å². The molecular formula is C13H13NO5S2. The number of aromatic carboxylic acids is 1. The van der Waals surface area contributed by atoms with Crippen LogP contribution in [0.2, 0.25) is 0 Å². The van der Waals surface area contributed by atoms with E-state index in [-0.39, 0.29) is 16.9 Å². The van der Waals surface area contributed by atoms with E-state index in [1.807, 2.05) is 18.4 Å². The van der Waals surface area contributed by atoms with Gasteiger partial charge in [-0.2, -0.15) is 4.31 Å². The van der Waals surface area contributed by atoms with Crippen LogP contribution in [-0.4, -0.2) is 30.3 Å². The highest BCUT2D eigenvalue weighted by molar-refractivity contribution is 7.89. The molecule has 0 saturated heterocycles. The number of carbonyl (C=O) groups is 1. The molecule has 0 spiro atoms. The van der Waals surface area contributed by atoms with E-state index in [1.54, 1.807) is 11.3 Å². The fourth-order valence-electron chi connectivity index (χ4n) is 2.50. The number of sulfonamides is 1. The molecule has 0 aliphatic carbocycles. The molecule has 2 aromatic heterocycles. The number of fused-ring (bicyclic) bond motifs is 1. The number of carboxylic acids is 1. The van der Waals surface area contributed by atoms with E-state index in [4.69, 9.17) is 9.52 Å². The lowest BCUT2D eigenvalue weighted by Crippen LogP contribution is -2.38. The smallest absolute Gasteiger partial charge is 0.371 e. The van der Waals surface area contributed by atoms with Gasteiger partial charge in [-0.15, -0.1) is 11.3 Å². The number of thiophene rings is 1. The average Bonchev–Trinajstić information content (AvgIpc) is 3.08. The normalized spacial score (nSPS) is 19.4. The van der Waals surface area contributed by atoms with Crippen molar-refractivity contribution in [2.75, 3.05) is 6.54 Å². The Kier molecular flexibility index (Phi) is 3.39. The number of furan rings is 1. The van der Waals surface area contributed by atoms with Crippen LogP contribution in [-0.2, 0) is 16.4 Å². The van der Waals surface area contributed by atoms with Gasteiger partial charge in [0, 0.05) is 17.5 Å². The lowest BCUT2D eigenvalue weighted by molar-refractivity contribution is 0.0656. The van der Waals surface area contributed by atoms with E-state index in [9.17, 15) is 13.2 Å². The Morgan fingerprint density at radius 1 is 1.43 bits per heavy atom. The van der Waals surface area contributed by atoms with Gasteiger partial charge in [0.15, 0.2) is 0 Å². The Labute approximate surface area is 125 Å². The highest BCUT2D eigenvalue weighted by Gasteiger charge is 2.36. The zero-order valence-electron chi connectivity index (χ0n) is 11.1. The molecule has 1 atom stereocenters. The Morgan fingerprint density at radius 2 is 2.19 bits per heavy atom. The molecule has 8 heteroatoms. The third-order valence-electron chi connectivity index (χ3n) is 3.58. The molecule has 0 amide bonds. The van der Waals surface area contributed by atoms with Crippen LogP contribution in [0.15, 0.2) is 33.1 Å². The van der Waals surface area contributed by atoms with Crippen molar-refractivity contribution >= 4 is 27.3 Å². The van der Waals surface area contributed by atoms with E-state index >= 15 is 0 Å². The van der Waals surface area contributed by atoms with Crippen LogP contribution < -0.4 is 0 Å². The van der Waals surface area contributed by atoms with Gasteiger partial charge in [-0.1, -0.05) is 0 Å². The maximum absolute atomic E-state index is 12.6. The van der Waals surface area contributed by atoms with Crippen LogP contribution >= 0.6 is 11.3 Å². The zero-order valence-corrected chi connectivity index (χ0v) is 12.8. The largest absolute Gasteiger partial charge is 0.475 e. The van der Waals surface area contributed by atoms with Crippen molar-refractivity contribution in [2.45, 2.75) is 24.5 Å². The summed E-state index contributed by atoms with van der Waals surface area (Å²) in [6, 6.07) is 3.98. The second kappa shape index (κ2) is 4.97. The Bertz CT molecular complexity index is 789. The molecule has 6 nitrogen and oxygen atoms in total. The van der Waals surface area contributed by atoms with Gasteiger partial charge in [-0.25, -0.2) is 13.2 Å². The van der Waals surface area contributed by atoms with Crippen molar-refractivity contribution in [1.82, 2.24) is 4.31 Å². The van der Waals surface area contributed by atoms with Crippen molar-refractivity contribution in [1.29, 1.82) is 0 Å². The highest BCUT2D eigenvalue weighted by atomic mass is 32.2. The summed E-state index contributed by atoms with van der Waals surface area (Å²) in [7, 11) is -3.84. The number of nitrogens with zero attached hydrogens (tertiary/aromatic N) is 1. The fraction of sp³-hybridized carbons (Fsp3) is 0.308.